The van der Waals surface area contributed by atoms with Crippen molar-refractivity contribution >= 4 is 5.82 Å². The summed E-state index contributed by atoms with van der Waals surface area (Å²) in [6, 6.07) is 6.35. The van der Waals surface area contributed by atoms with Crippen LogP contribution in [-0.4, -0.2) is 65.6 Å². The quantitative estimate of drug-likeness (QED) is 0.869. The number of benzene rings is 1. The van der Waals surface area contributed by atoms with Crippen LogP contribution in [0.2, 0.25) is 0 Å². The number of piperidine rings is 1. The Morgan fingerprint density at radius 2 is 2.04 bits per heavy atom. The van der Waals surface area contributed by atoms with Gasteiger partial charge >= 0.3 is 0 Å². The zero-order chi connectivity index (χ0) is 19.8. The Kier molecular flexibility index (Phi) is 5.16. The number of alkyl halides is 2. The molecule has 4 rings (SSSR count). The van der Waals surface area contributed by atoms with Crippen LogP contribution in [-0.2, 0) is 4.74 Å². The molecule has 28 heavy (non-hydrogen) atoms. The number of hydrogen-bond acceptors (Lipinski definition) is 6. The highest BCUT2D eigenvalue weighted by atomic mass is 19.3. The van der Waals surface area contributed by atoms with Gasteiger partial charge in [-0.3, -0.25) is 0 Å². The molecule has 6 nitrogen and oxygen atoms in total. The molecule has 0 unspecified atom stereocenters. The fourth-order valence-electron chi connectivity index (χ4n) is 4.07. The Hall–Kier alpha value is -2.32. The Morgan fingerprint density at radius 3 is 2.79 bits per heavy atom. The van der Waals surface area contributed by atoms with Crippen LogP contribution in [0.1, 0.15) is 24.0 Å². The maximum Gasteiger partial charge on any atom is 0.266 e. The Balaban J connectivity index is 1.72. The van der Waals surface area contributed by atoms with E-state index in [9.17, 15) is 13.9 Å². The van der Waals surface area contributed by atoms with Crippen molar-refractivity contribution in [3.8, 4) is 17.0 Å². The first-order valence-electron chi connectivity index (χ1n) is 9.46. The molecule has 1 N–H and O–H groups in total. The fourth-order valence-corrected chi connectivity index (χ4v) is 4.07. The Labute approximate surface area is 162 Å². The Morgan fingerprint density at radius 1 is 1.21 bits per heavy atom. The van der Waals surface area contributed by atoms with Gasteiger partial charge in [-0.1, -0.05) is 6.07 Å². The molecule has 150 valence electrons. The molecule has 2 aliphatic heterocycles. The van der Waals surface area contributed by atoms with Gasteiger partial charge in [0.2, 0.25) is 0 Å². The average molecular weight is 390 g/mol. The van der Waals surface area contributed by atoms with Crippen molar-refractivity contribution < 1.29 is 18.6 Å². The molecule has 0 amide bonds. The SMILES string of the molecule is Cc1ccc(-c2nnc(N3CCO[C@@H]4CCN(C)C[C@@H]43)cc2C(F)F)c(O)c1. The molecule has 3 heterocycles. The van der Waals surface area contributed by atoms with E-state index in [-0.39, 0.29) is 34.7 Å². The number of phenolic OH excluding ortho intramolecular Hbond substituents is 1. The minimum Gasteiger partial charge on any atom is -0.507 e. The Bertz CT molecular complexity index is 864. The molecule has 2 aromatic rings. The van der Waals surface area contributed by atoms with Gasteiger partial charge in [-0.25, -0.2) is 8.78 Å². The molecule has 2 saturated heterocycles. The number of nitrogens with zero attached hydrogens (tertiary/aromatic N) is 4. The topological polar surface area (TPSA) is 61.7 Å². The lowest BCUT2D eigenvalue weighted by molar-refractivity contribution is -0.0246. The minimum absolute atomic E-state index is 0.0156. The third kappa shape index (κ3) is 3.54. The first kappa shape index (κ1) is 19.0. The summed E-state index contributed by atoms with van der Waals surface area (Å²) in [5.41, 5.74) is 0.889. The lowest BCUT2D eigenvalue weighted by atomic mass is 9.98. The number of likely N-dealkylation sites (N-methyl/N-ethyl adjacent to an activating group) is 1. The number of rotatable bonds is 3. The van der Waals surface area contributed by atoms with Crippen molar-refractivity contribution in [2.75, 3.05) is 38.2 Å². The minimum atomic E-state index is -2.73. The molecule has 1 aromatic heterocycles. The van der Waals surface area contributed by atoms with Crippen molar-refractivity contribution in [2.45, 2.75) is 31.9 Å². The van der Waals surface area contributed by atoms with E-state index in [1.54, 1.807) is 12.1 Å². The summed E-state index contributed by atoms with van der Waals surface area (Å²) >= 11 is 0. The summed E-state index contributed by atoms with van der Waals surface area (Å²) in [5, 5.41) is 18.6. The standard InChI is InChI=1S/C20H24F2N4O2/c1-12-3-4-13(16(27)9-12)19-14(20(21)22)10-18(23-24-19)26-7-8-28-17-5-6-25(2)11-15(17)26/h3-4,9-10,15,17,20,27H,5-8,11H2,1-2H3/t15-,17+/m0/s1. The van der Waals surface area contributed by atoms with E-state index < -0.39 is 6.43 Å². The van der Waals surface area contributed by atoms with Crippen molar-refractivity contribution in [3.05, 3.63) is 35.4 Å². The van der Waals surface area contributed by atoms with E-state index in [1.165, 1.54) is 12.1 Å². The third-order valence-corrected chi connectivity index (χ3v) is 5.54. The van der Waals surface area contributed by atoms with Crippen LogP contribution < -0.4 is 4.90 Å². The van der Waals surface area contributed by atoms with E-state index >= 15 is 0 Å². The van der Waals surface area contributed by atoms with E-state index in [0.717, 1.165) is 25.1 Å². The van der Waals surface area contributed by atoms with Crippen molar-refractivity contribution in [1.29, 1.82) is 0 Å². The molecule has 2 atom stereocenters. The molecule has 0 aliphatic carbocycles. The molecule has 1 aromatic carbocycles. The van der Waals surface area contributed by atoms with Gasteiger partial charge in [-0.05, 0) is 44.2 Å². The number of fused-ring (bicyclic) bond motifs is 1. The zero-order valence-electron chi connectivity index (χ0n) is 16.0. The third-order valence-electron chi connectivity index (χ3n) is 5.54. The van der Waals surface area contributed by atoms with E-state index in [0.29, 0.717) is 19.0 Å². The van der Waals surface area contributed by atoms with Crippen LogP contribution in [0.25, 0.3) is 11.3 Å². The summed E-state index contributed by atoms with van der Waals surface area (Å²) in [5.74, 6) is 0.351. The largest absolute Gasteiger partial charge is 0.507 e. The highest BCUT2D eigenvalue weighted by molar-refractivity contribution is 5.71. The highest BCUT2D eigenvalue weighted by Crippen LogP contribution is 2.37. The van der Waals surface area contributed by atoms with Gasteiger partial charge in [-0.2, -0.15) is 0 Å². The first-order valence-corrected chi connectivity index (χ1v) is 9.46. The zero-order valence-corrected chi connectivity index (χ0v) is 16.0. The van der Waals surface area contributed by atoms with Crippen LogP contribution in [0.3, 0.4) is 0 Å². The summed E-state index contributed by atoms with van der Waals surface area (Å²) in [6.45, 7) is 4.69. The normalized spacial score (nSPS) is 23.1. The van der Waals surface area contributed by atoms with Crippen molar-refractivity contribution in [3.63, 3.8) is 0 Å². The second kappa shape index (κ2) is 7.60. The average Bonchev–Trinajstić information content (AvgIpc) is 2.67. The molecule has 2 aliphatic rings. The number of ether oxygens (including phenoxy) is 1. The van der Waals surface area contributed by atoms with Crippen molar-refractivity contribution in [1.82, 2.24) is 15.1 Å². The number of aryl methyl sites for hydroxylation is 1. The van der Waals surface area contributed by atoms with Crippen LogP contribution in [0, 0.1) is 6.92 Å². The number of likely N-dealkylation sites (tertiary alicyclic amines) is 1. The number of halogens is 2. The summed E-state index contributed by atoms with van der Waals surface area (Å²) < 4.78 is 33.6. The molecular weight excluding hydrogens is 366 g/mol. The maximum atomic E-state index is 13.9. The predicted molar refractivity (Wildman–Crippen MR) is 102 cm³/mol. The second-order valence-corrected chi connectivity index (χ2v) is 7.55. The van der Waals surface area contributed by atoms with Crippen LogP contribution >= 0.6 is 0 Å². The summed E-state index contributed by atoms with van der Waals surface area (Å²) in [4.78, 5) is 4.24. The lowest BCUT2D eigenvalue weighted by Crippen LogP contribution is -2.59. The predicted octanol–water partition coefficient (Wildman–Crippen LogP) is 3.00. The lowest BCUT2D eigenvalue weighted by Gasteiger charge is -2.46. The number of morpholine rings is 1. The molecule has 8 heteroatoms. The number of aromatic hydroxyl groups is 1. The number of phenols is 1. The molecule has 0 saturated carbocycles. The van der Waals surface area contributed by atoms with Gasteiger partial charge in [0.25, 0.3) is 6.43 Å². The first-order chi connectivity index (χ1) is 13.4. The van der Waals surface area contributed by atoms with Crippen LogP contribution in [0.5, 0.6) is 5.75 Å². The fraction of sp³-hybridized carbons (Fsp3) is 0.500. The number of aromatic nitrogens is 2. The highest BCUT2D eigenvalue weighted by Gasteiger charge is 2.37. The maximum absolute atomic E-state index is 13.9. The van der Waals surface area contributed by atoms with Gasteiger partial charge < -0.3 is 19.6 Å². The second-order valence-electron chi connectivity index (χ2n) is 7.55. The van der Waals surface area contributed by atoms with Gasteiger partial charge in [0.05, 0.1) is 18.8 Å². The number of anilines is 1. The van der Waals surface area contributed by atoms with Gasteiger partial charge in [0.1, 0.15) is 11.4 Å². The molecule has 0 bridgehead atoms. The van der Waals surface area contributed by atoms with E-state index in [1.807, 2.05) is 18.9 Å². The van der Waals surface area contributed by atoms with Crippen LogP contribution in [0.15, 0.2) is 24.3 Å². The molecular formula is C20H24F2N4O2. The molecule has 0 radical (unpaired) electrons. The van der Waals surface area contributed by atoms with Gasteiger partial charge in [0.15, 0.2) is 5.82 Å². The monoisotopic (exact) mass is 390 g/mol. The van der Waals surface area contributed by atoms with E-state index in [2.05, 4.69) is 15.1 Å². The van der Waals surface area contributed by atoms with Gasteiger partial charge in [-0.15, -0.1) is 10.2 Å². The van der Waals surface area contributed by atoms with E-state index in [4.69, 9.17) is 4.74 Å². The summed E-state index contributed by atoms with van der Waals surface area (Å²) in [6.07, 6.45) is -1.75. The van der Waals surface area contributed by atoms with Crippen LogP contribution in [0.4, 0.5) is 14.6 Å². The number of hydrogen-bond donors (Lipinski definition) is 1. The molecule has 0 spiro atoms. The van der Waals surface area contributed by atoms with Gasteiger partial charge in [0, 0.05) is 30.8 Å². The van der Waals surface area contributed by atoms with Crippen molar-refractivity contribution in [2.24, 2.45) is 0 Å². The molecule has 2 fully saturated rings. The summed E-state index contributed by atoms with van der Waals surface area (Å²) in [7, 11) is 2.04. The smallest absolute Gasteiger partial charge is 0.266 e.